The molecule has 0 spiro atoms. The second kappa shape index (κ2) is 7.53. The van der Waals surface area contributed by atoms with Crippen molar-refractivity contribution < 1.29 is 10.0 Å². The molecule has 0 fully saturated rings. The Bertz CT molecular complexity index is 689. The Balaban J connectivity index is 2.05. The monoisotopic (exact) mass is 358 g/mol. The minimum Gasteiger partial charge on any atom is -0.326 e. The van der Waals surface area contributed by atoms with E-state index in [1.165, 1.54) is 5.06 Å². The first kappa shape index (κ1) is 20.7. The van der Waals surface area contributed by atoms with Crippen LogP contribution >= 0.6 is 0 Å². The van der Waals surface area contributed by atoms with Gasteiger partial charge in [-0.15, -0.1) is 0 Å². The van der Waals surface area contributed by atoms with Crippen LogP contribution in [-0.2, 0) is 15.9 Å². The Morgan fingerprint density at radius 2 is 1.77 bits per heavy atom. The Hall–Kier alpha value is -1.65. The standard InChI is InChI=1S/C22H34N2O2/c1-15(2)13-16(3)9-8-10-20(25)23-17-11-12-18-19(14-17)22(6,7)24(26)21(18,4)5/h8-9,11-12,14-16,26H,10,13H2,1-7H3,(H,23,25)/b9-8+/t16-/m1/s1. The Labute approximate surface area is 158 Å². The molecule has 0 bridgehead atoms. The number of rotatable bonds is 6. The Morgan fingerprint density at radius 3 is 2.38 bits per heavy atom. The average molecular weight is 359 g/mol. The maximum absolute atomic E-state index is 12.2. The van der Waals surface area contributed by atoms with Crippen LogP contribution in [0, 0.1) is 11.8 Å². The van der Waals surface area contributed by atoms with Gasteiger partial charge in [-0.05, 0) is 69.2 Å². The number of nitrogens with one attached hydrogen (secondary N) is 1. The molecule has 1 heterocycles. The van der Waals surface area contributed by atoms with E-state index in [2.05, 4.69) is 32.2 Å². The van der Waals surface area contributed by atoms with Crippen LogP contribution in [0.25, 0.3) is 0 Å². The number of carbonyl (C=O) groups is 1. The summed E-state index contributed by atoms with van der Waals surface area (Å²) in [6.45, 7) is 14.6. The van der Waals surface area contributed by atoms with Crippen molar-refractivity contribution in [2.75, 3.05) is 5.32 Å². The number of allylic oxidation sites excluding steroid dienone is 1. The second-order valence-corrected chi connectivity index (χ2v) is 8.98. The zero-order valence-electron chi connectivity index (χ0n) is 17.3. The smallest absolute Gasteiger partial charge is 0.228 e. The van der Waals surface area contributed by atoms with E-state index in [1.54, 1.807) is 0 Å². The lowest BCUT2D eigenvalue weighted by molar-refractivity contribution is -0.216. The first-order valence-electron chi connectivity index (χ1n) is 9.57. The van der Waals surface area contributed by atoms with Crippen LogP contribution in [0.1, 0.15) is 72.4 Å². The van der Waals surface area contributed by atoms with Crippen molar-refractivity contribution in [1.29, 1.82) is 0 Å². The van der Waals surface area contributed by atoms with E-state index in [1.807, 2.05) is 52.0 Å². The van der Waals surface area contributed by atoms with Gasteiger partial charge in [0.25, 0.3) is 0 Å². The van der Waals surface area contributed by atoms with Crippen molar-refractivity contribution in [1.82, 2.24) is 5.06 Å². The topological polar surface area (TPSA) is 52.6 Å². The molecule has 0 saturated carbocycles. The third-order valence-electron chi connectivity index (χ3n) is 5.29. The lowest BCUT2D eigenvalue weighted by atomic mass is 9.90. The van der Waals surface area contributed by atoms with Gasteiger partial charge < -0.3 is 10.5 Å². The predicted octanol–water partition coefficient (Wildman–Crippen LogP) is 5.43. The van der Waals surface area contributed by atoms with Gasteiger partial charge in [-0.25, -0.2) is 0 Å². The van der Waals surface area contributed by atoms with Crippen molar-refractivity contribution in [3.63, 3.8) is 0 Å². The van der Waals surface area contributed by atoms with Crippen LogP contribution in [0.2, 0.25) is 0 Å². The molecule has 1 atom stereocenters. The third-order valence-corrected chi connectivity index (χ3v) is 5.29. The van der Waals surface area contributed by atoms with Gasteiger partial charge in [-0.1, -0.05) is 39.0 Å². The molecular weight excluding hydrogens is 324 g/mol. The van der Waals surface area contributed by atoms with Crippen LogP contribution in [0.5, 0.6) is 0 Å². The zero-order valence-corrected chi connectivity index (χ0v) is 17.3. The summed E-state index contributed by atoms with van der Waals surface area (Å²) < 4.78 is 0. The van der Waals surface area contributed by atoms with Crippen LogP contribution in [0.3, 0.4) is 0 Å². The van der Waals surface area contributed by atoms with Crippen LogP contribution in [0.4, 0.5) is 5.69 Å². The highest BCUT2D eigenvalue weighted by atomic mass is 16.5. The number of hydroxylamine groups is 2. The van der Waals surface area contributed by atoms with E-state index in [0.717, 1.165) is 23.2 Å². The Kier molecular flexibility index (Phi) is 5.99. The molecule has 0 radical (unpaired) electrons. The second-order valence-electron chi connectivity index (χ2n) is 8.98. The zero-order chi connectivity index (χ0) is 19.7. The number of carbonyl (C=O) groups excluding carboxylic acids is 1. The van der Waals surface area contributed by atoms with Crippen molar-refractivity contribution in [3.8, 4) is 0 Å². The van der Waals surface area contributed by atoms with E-state index in [-0.39, 0.29) is 5.91 Å². The number of hydrogen-bond acceptors (Lipinski definition) is 3. The molecule has 1 aromatic rings. The maximum Gasteiger partial charge on any atom is 0.228 e. The summed E-state index contributed by atoms with van der Waals surface area (Å²) in [7, 11) is 0. The number of fused-ring (bicyclic) bond motifs is 1. The van der Waals surface area contributed by atoms with Crippen molar-refractivity contribution in [2.24, 2.45) is 11.8 Å². The number of nitrogens with zero attached hydrogens (tertiary/aromatic N) is 1. The quantitative estimate of drug-likeness (QED) is 0.667. The van der Waals surface area contributed by atoms with E-state index in [9.17, 15) is 10.0 Å². The van der Waals surface area contributed by atoms with Gasteiger partial charge in [0.2, 0.25) is 5.91 Å². The fourth-order valence-corrected chi connectivity index (χ4v) is 4.03. The summed E-state index contributed by atoms with van der Waals surface area (Å²) in [4.78, 5) is 12.2. The SMILES string of the molecule is CC(C)C[C@H](C)/C=C/CC(=O)Nc1ccc2c(c1)C(C)(C)N(O)C2(C)C. The number of amides is 1. The molecule has 26 heavy (non-hydrogen) atoms. The van der Waals surface area contributed by atoms with E-state index in [4.69, 9.17) is 0 Å². The summed E-state index contributed by atoms with van der Waals surface area (Å²) in [6, 6.07) is 5.90. The fourth-order valence-electron chi connectivity index (χ4n) is 4.03. The van der Waals surface area contributed by atoms with E-state index < -0.39 is 11.1 Å². The minimum absolute atomic E-state index is 0.0196. The fraction of sp³-hybridized carbons (Fsp3) is 0.591. The average Bonchev–Trinajstić information content (AvgIpc) is 2.65. The summed E-state index contributed by atoms with van der Waals surface area (Å²) in [5.41, 5.74) is 1.97. The Morgan fingerprint density at radius 1 is 1.15 bits per heavy atom. The molecule has 1 aromatic carbocycles. The summed E-state index contributed by atoms with van der Waals surface area (Å²) in [5, 5.41) is 14.9. The van der Waals surface area contributed by atoms with Gasteiger partial charge in [-0.3, -0.25) is 4.79 Å². The van der Waals surface area contributed by atoms with Gasteiger partial charge in [0.15, 0.2) is 0 Å². The number of hydrogen-bond donors (Lipinski definition) is 2. The molecule has 2 N–H and O–H groups in total. The molecule has 0 aromatic heterocycles. The highest BCUT2D eigenvalue weighted by Gasteiger charge is 2.48. The molecule has 2 rings (SSSR count). The largest absolute Gasteiger partial charge is 0.326 e. The lowest BCUT2D eigenvalue weighted by Crippen LogP contribution is -2.42. The molecule has 4 nitrogen and oxygen atoms in total. The van der Waals surface area contributed by atoms with Gasteiger partial charge in [0.05, 0.1) is 11.1 Å². The molecule has 4 heteroatoms. The maximum atomic E-state index is 12.2. The third kappa shape index (κ3) is 4.18. The molecule has 0 unspecified atom stereocenters. The predicted molar refractivity (Wildman–Crippen MR) is 107 cm³/mol. The number of benzene rings is 1. The number of anilines is 1. The summed E-state index contributed by atoms with van der Waals surface area (Å²) >= 11 is 0. The van der Waals surface area contributed by atoms with Crippen LogP contribution in [0.15, 0.2) is 30.4 Å². The lowest BCUT2D eigenvalue weighted by Gasteiger charge is -2.34. The molecule has 1 aliphatic rings. The highest BCUT2D eigenvalue weighted by Crippen LogP contribution is 2.48. The minimum atomic E-state index is -0.494. The van der Waals surface area contributed by atoms with Gasteiger partial charge in [0.1, 0.15) is 0 Å². The normalized spacial score (nSPS) is 19.7. The molecule has 0 aliphatic carbocycles. The van der Waals surface area contributed by atoms with Gasteiger partial charge >= 0.3 is 0 Å². The van der Waals surface area contributed by atoms with Crippen molar-refractivity contribution >= 4 is 11.6 Å². The first-order valence-corrected chi connectivity index (χ1v) is 9.57. The molecule has 1 aliphatic heterocycles. The van der Waals surface area contributed by atoms with Crippen LogP contribution in [-0.4, -0.2) is 16.2 Å². The molecular formula is C22H34N2O2. The van der Waals surface area contributed by atoms with Crippen LogP contribution < -0.4 is 5.32 Å². The summed E-state index contributed by atoms with van der Waals surface area (Å²) in [6.07, 6.45) is 5.59. The van der Waals surface area contributed by atoms with E-state index >= 15 is 0 Å². The van der Waals surface area contributed by atoms with Gasteiger partial charge in [-0.2, -0.15) is 5.06 Å². The first-order chi connectivity index (χ1) is 12.0. The van der Waals surface area contributed by atoms with Gasteiger partial charge in [0, 0.05) is 12.1 Å². The molecule has 144 valence electrons. The van der Waals surface area contributed by atoms with Crippen molar-refractivity contribution in [2.45, 2.75) is 72.4 Å². The summed E-state index contributed by atoms with van der Waals surface area (Å²) in [5.74, 6) is 1.13. The highest BCUT2D eigenvalue weighted by molar-refractivity contribution is 5.91. The van der Waals surface area contributed by atoms with E-state index in [0.29, 0.717) is 18.3 Å². The molecule has 0 saturated heterocycles. The molecule has 1 amide bonds. The van der Waals surface area contributed by atoms with Crippen molar-refractivity contribution in [3.05, 3.63) is 41.5 Å².